The third-order valence-electron chi connectivity index (χ3n) is 3.68. The van der Waals surface area contributed by atoms with Crippen molar-refractivity contribution < 1.29 is 29.4 Å². The Bertz CT molecular complexity index is 510. The van der Waals surface area contributed by atoms with Crippen LogP contribution in [0.4, 0.5) is 0 Å². The van der Waals surface area contributed by atoms with E-state index in [9.17, 15) is 24.3 Å². The summed E-state index contributed by atoms with van der Waals surface area (Å²) in [5.41, 5.74) is 0. The minimum absolute atomic E-state index is 0.0390. The van der Waals surface area contributed by atoms with Crippen LogP contribution in [-0.2, 0) is 19.2 Å². The van der Waals surface area contributed by atoms with Gasteiger partial charge in [0.25, 0.3) is 0 Å². The summed E-state index contributed by atoms with van der Waals surface area (Å²) in [6.45, 7) is 1.47. The predicted molar refractivity (Wildman–Crippen MR) is 91.1 cm³/mol. The normalized spacial score (nSPS) is 20.2. The van der Waals surface area contributed by atoms with E-state index < -0.39 is 42.5 Å². The molecule has 1 aliphatic heterocycles. The van der Waals surface area contributed by atoms with Gasteiger partial charge in [0.15, 0.2) is 6.04 Å². The number of thiol groups is 1. The first-order valence-corrected chi connectivity index (χ1v) is 8.52. The summed E-state index contributed by atoms with van der Waals surface area (Å²) in [6.07, 6.45) is 0.273. The van der Waals surface area contributed by atoms with Gasteiger partial charge >= 0.3 is 5.97 Å². The molecule has 25 heavy (non-hydrogen) atoms. The lowest BCUT2D eigenvalue weighted by Gasteiger charge is -2.20. The first-order chi connectivity index (χ1) is 11.8. The highest BCUT2D eigenvalue weighted by Crippen LogP contribution is 2.05. The summed E-state index contributed by atoms with van der Waals surface area (Å²) in [6, 6.07) is -2.74. The van der Waals surface area contributed by atoms with Crippen molar-refractivity contribution in [3.05, 3.63) is 0 Å². The fourth-order valence-corrected chi connectivity index (χ4v) is 2.54. The second kappa shape index (κ2) is 10.2. The van der Waals surface area contributed by atoms with E-state index in [1.807, 2.05) is 0 Å². The van der Waals surface area contributed by atoms with Gasteiger partial charge in [-0.05, 0) is 26.3 Å². The zero-order chi connectivity index (χ0) is 19.0. The van der Waals surface area contributed by atoms with E-state index in [2.05, 4.69) is 33.9 Å². The van der Waals surface area contributed by atoms with Gasteiger partial charge in [-0.25, -0.2) is 4.79 Å². The van der Waals surface area contributed by atoms with Gasteiger partial charge in [-0.1, -0.05) is 0 Å². The SMILES string of the molecule is CC(O)C(NC(=O)CNC(=O)C(CS)NC(=O)C1CCCN1)C(=O)O. The summed E-state index contributed by atoms with van der Waals surface area (Å²) in [4.78, 5) is 46.6. The number of carbonyl (C=O) groups is 4. The Labute approximate surface area is 150 Å². The molecular weight excluding hydrogens is 352 g/mol. The molecule has 0 bridgehead atoms. The van der Waals surface area contributed by atoms with E-state index in [1.54, 1.807) is 0 Å². The van der Waals surface area contributed by atoms with E-state index in [1.165, 1.54) is 6.92 Å². The molecule has 1 rings (SSSR count). The summed E-state index contributed by atoms with van der Waals surface area (Å²) in [5.74, 6) is -3.05. The van der Waals surface area contributed by atoms with Gasteiger partial charge in [0.05, 0.1) is 18.7 Å². The van der Waals surface area contributed by atoms with Crippen molar-refractivity contribution in [3.8, 4) is 0 Å². The van der Waals surface area contributed by atoms with E-state index >= 15 is 0 Å². The minimum Gasteiger partial charge on any atom is -0.480 e. The second-order valence-electron chi connectivity index (χ2n) is 5.73. The number of carboxylic acid groups (broad SMARTS) is 1. The van der Waals surface area contributed by atoms with Gasteiger partial charge in [0, 0.05) is 5.75 Å². The quantitative estimate of drug-likeness (QED) is 0.215. The highest BCUT2D eigenvalue weighted by atomic mass is 32.1. The molecule has 6 N–H and O–H groups in total. The van der Waals surface area contributed by atoms with Crippen molar-refractivity contribution >= 4 is 36.3 Å². The Hall–Kier alpha value is -1.85. The molecule has 1 fully saturated rings. The fraction of sp³-hybridized carbons (Fsp3) is 0.714. The molecule has 0 aromatic rings. The number of nitrogens with one attached hydrogen (secondary N) is 4. The molecule has 11 heteroatoms. The third kappa shape index (κ3) is 6.88. The Morgan fingerprint density at radius 3 is 2.44 bits per heavy atom. The Kier molecular flexibility index (Phi) is 8.66. The molecule has 3 amide bonds. The van der Waals surface area contributed by atoms with E-state index in [0.717, 1.165) is 13.0 Å². The number of hydrogen-bond donors (Lipinski definition) is 7. The maximum Gasteiger partial charge on any atom is 0.328 e. The second-order valence-corrected chi connectivity index (χ2v) is 6.10. The summed E-state index contributed by atoms with van der Waals surface area (Å²) in [5, 5.41) is 28.1. The van der Waals surface area contributed by atoms with Crippen LogP contribution in [0.2, 0.25) is 0 Å². The fourth-order valence-electron chi connectivity index (χ4n) is 2.28. The van der Waals surface area contributed by atoms with Crippen LogP contribution in [0.15, 0.2) is 0 Å². The molecular formula is C14H24N4O6S. The number of amides is 3. The number of rotatable bonds is 9. The highest BCUT2D eigenvalue weighted by Gasteiger charge is 2.28. The highest BCUT2D eigenvalue weighted by molar-refractivity contribution is 7.80. The molecule has 4 unspecified atom stereocenters. The van der Waals surface area contributed by atoms with Gasteiger partial charge in [-0.2, -0.15) is 12.6 Å². The maximum atomic E-state index is 12.0. The van der Waals surface area contributed by atoms with Crippen LogP contribution in [0, 0.1) is 0 Å². The number of aliphatic carboxylic acids is 1. The van der Waals surface area contributed by atoms with E-state index in [4.69, 9.17) is 5.11 Å². The Morgan fingerprint density at radius 2 is 1.96 bits per heavy atom. The van der Waals surface area contributed by atoms with Crippen LogP contribution in [0.25, 0.3) is 0 Å². The summed E-state index contributed by atoms with van der Waals surface area (Å²) < 4.78 is 0. The van der Waals surface area contributed by atoms with Gasteiger partial charge in [-0.15, -0.1) is 0 Å². The summed E-state index contributed by atoms with van der Waals surface area (Å²) in [7, 11) is 0. The first kappa shape index (κ1) is 21.2. The van der Waals surface area contributed by atoms with E-state index in [-0.39, 0.29) is 17.7 Å². The lowest BCUT2D eigenvalue weighted by atomic mass is 10.2. The van der Waals surface area contributed by atoms with Gasteiger partial charge in [0.2, 0.25) is 17.7 Å². The van der Waals surface area contributed by atoms with Crippen molar-refractivity contribution in [2.24, 2.45) is 0 Å². The lowest BCUT2D eigenvalue weighted by Crippen LogP contribution is -2.55. The summed E-state index contributed by atoms with van der Waals surface area (Å²) >= 11 is 4.02. The van der Waals surface area contributed by atoms with Crippen molar-refractivity contribution in [2.45, 2.75) is 44.0 Å². The third-order valence-corrected chi connectivity index (χ3v) is 4.05. The monoisotopic (exact) mass is 376 g/mol. The average molecular weight is 376 g/mol. The van der Waals surface area contributed by atoms with Crippen LogP contribution in [0.5, 0.6) is 0 Å². The number of hydrogen-bond acceptors (Lipinski definition) is 7. The predicted octanol–water partition coefficient (Wildman–Crippen LogP) is -2.78. The molecule has 1 aliphatic rings. The van der Waals surface area contributed by atoms with Crippen molar-refractivity contribution in [1.29, 1.82) is 0 Å². The van der Waals surface area contributed by atoms with Crippen LogP contribution in [-0.4, -0.2) is 77.0 Å². The first-order valence-electron chi connectivity index (χ1n) is 7.88. The van der Waals surface area contributed by atoms with Crippen molar-refractivity contribution in [1.82, 2.24) is 21.3 Å². The molecule has 1 saturated heterocycles. The molecule has 0 radical (unpaired) electrons. The minimum atomic E-state index is -1.47. The topological polar surface area (TPSA) is 157 Å². The lowest BCUT2D eigenvalue weighted by molar-refractivity contribution is -0.144. The van der Waals surface area contributed by atoms with E-state index in [0.29, 0.717) is 6.42 Å². The zero-order valence-corrected chi connectivity index (χ0v) is 14.7. The number of carboxylic acids is 1. The van der Waals surface area contributed by atoms with Crippen molar-refractivity contribution in [3.63, 3.8) is 0 Å². The average Bonchev–Trinajstić information content (AvgIpc) is 3.09. The largest absolute Gasteiger partial charge is 0.480 e. The van der Waals surface area contributed by atoms with Crippen LogP contribution >= 0.6 is 12.6 Å². The number of aliphatic hydroxyl groups excluding tert-OH is 1. The van der Waals surface area contributed by atoms with Gasteiger partial charge in [0.1, 0.15) is 6.04 Å². The standard InChI is InChI=1S/C14H24N4O6S/c1-7(19)11(14(23)24)18-10(20)5-16-12(21)9(6-25)17-13(22)8-3-2-4-15-8/h7-9,11,15,19,25H,2-6H2,1H3,(H,16,21)(H,17,22)(H,18,20)(H,23,24). The van der Waals surface area contributed by atoms with Gasteiger partial charge < -0.3 is 31.5 Å². The Balaban J connectivity index is 2.45. The molecule has 4 atom stereocenters. The number of carbonyl (C=O) groups excluding carboxylic acids is 3. The van der Waals surface area contributed by atoms with Crippen LogP contribution in [0.3, 0.4) is 0 Å². The Morgan fingerprint density at radius 1 is 1.28 bits per heavy atom. The molecule has 0 spiro atoms. The molecule has 0 aromatic carbocycles. The smallest absolute Gasteiger partial charge is 0.328 e. The molecule has 10 nitrogen and oxygen atoms in total. The maximum absolute atomic E-state index is 12.0. The zero-order valence-electron chi connectivity index (χ0n) is 13.8. The van der Waals surface area contributed by atoms with Crippen LogP contribution in [0.1, 0.15) is 19.8 Å². The van der Waals surface area contributed by atoms with Gasteiger partial charge in [-0.3, -0.25) is 14.4 Å². The molecule has 142 valence electrons. The molecule has 0 aromatic heterocycles. The molecule has 0 saturated carbocycles. The molecule has 0 aliphatic carbocycles. The number of aliphatic hydroxyl groups is 1. The van der Waals surface area contributed by atoms with Crippen molar-refractivity contribution in [2.75, 3.05) is 18.8 Å². The molecule has 1 heterocycles. The van der Waals surface area contributed by atoms with Crippen LogP contribution < -0.4 is 21.3 Å².